The van der Waals surface area contributed by atoms with E-state index in [0.717, 1.165) is 64.2 Å². The molecule has 0 amide bonds. The van der Waals surface area contributed by atoms with Crippen LogP contribution in [0.4, 0.5) is 0 Å². The highest BCUT2D eigenvalue weighted by Crippen LogP contribution is 2.38. The highest BCUT2D eigenvalue weighted by Gasteiger charge is 2.22. The highest BCUT2D eigenvalue weighted by molar-refractivity contribution is 7.45. The minimum atomic E-state index is -4.65. The van der Waals surface area contributed by atoms with Gasteiger partial charge in [0, 0.05) is 12.8 Å². The quantitative estimate of drug-likeness (QED) is 0.0195. The molecule has 0 N–H and O–H groups in total. The minimum absolute atomic E-state index is 0.0273. The van der Waals surface area contributed by atoms with Gasteiger partial charge in [0.2, 0.25) is 0 Å². The number of unbranched alkanes of at least 4 members (excludes halogenated alkanes) is 64. The van der Waals surface area contributed by atoms with Crippen LogP contribution in [0.25, 0.3) is 0 Å². The number of allylic oxidation sites excluding steroid dienone is 10. The number of esters is 2. The molecule has 618 valence electrons. The van der Waals surface area contributed by atoms with Crippen molar-refractivity contribution in [1.82, 2.24) is 0 Å². The maximum absolute atomic E-state index is 12.9. The van der Waals surface area contributed by atoms with Gasteiger partial charge in [-0.25, -0.2) is 0 Å². The molecular weight excluding hydrogens is 1310 g/mol. The zero-order valence-corrected chi connectivity index (χ0v) is 71.9. The molecule has 0 rings (SSSR count). The van der Waals surface area contributed by atoms with Gasteiger partial charge in [-0.2, -0.15) is 0 Å². The zero-order chi connectivity index (χ0) is 76.1. The van der Waals surface area contributed by atoms with Gasteiger partial charge in [0.1, 0.15) is 19.8 Å². The molecule has 0 aromatic carbocycles. The van der Waals surface area contributed by atoms with Crippen molar-refractivity contribution in [2.45, 2.75) is 489 Å². The van der Waals surface area contributed by atoms with Gasteiger partial charge in [-0.3, -0.25) is 14.2 Å². The number of carbonyl (C=O) groups excluding carboxylic acids is 2. The summed E-state index contributed by atoms with van der Waals surface area (Å²) in [6, 6.07) is 0. The van der Waals surface area contributed by atoms with Crippen molar-refractivity contribution in [3.63, 3.8) is 0 Å². The van der Waals surface area contributed by atoms with Gasteiger partial charge in [0.15, 0.2) is 6.10 Å². The molecule has 0 saturated carbocycles. The van der Waals surface area contributed by atoms with E-state index in [-0.39, 0.29) is 32.0 Å². The Morgan fingerprint density at radius 2 is 0.543 bits per heavy atom. The number of quaternary nitrogens is 1. The number of phosphoric acid groups is 1. The van der Waals surface area contributed by atoms with Crippen LogP contribution in [-0.2, 0) is 32.7 Å². The summed E-state index contributed by atoms with van der Waals surface area (Å²) < 4.78 is 34.5. The van der Waals surface area contributed by atoms with Crippen LogP contribution in [0.5, 0.6) is 0 Å². The van der Waals surface area contributed by atoms with Crippen LogP contribution >= 0.6 is 7.82 Å². The van der Waals surface area contributed by atoms with Gasteiger partial charge in [0.25, 0.3) is 7.82 Å². The smallest absolute Gasteiger partial charge is 0.306 e. The Balaban J connectivity index is 3.82. The summed E-state index contributed by atoms with van der Waals surface area (Å²) in [6.07, 6.45) is 117. The van der Waals surface area contributed by atoms with Crippen LogP contribution in [0.15, 0.2) is 60.8 Å². The summed E-state index contributed by atoms with van der Waals surface area (Å²) in [5, 5.41) is 0. The maximum atomic E-state index is 12.9. The third-order valence-corrected chi connectivity index (χ3v) is 22.3. The lowest BCUT2D eigenvalue weighted by molar-refractivity contribution is -0.870. The van der Waals surface area contributed by atoms with Crippen LogP contribution in [0.3, 0.4) is 0 Å². The summed E-state index contributed by atoms with van der Waals surface area (Å²) in [4.78, 5) is 38.3. The largest absolute Gasteiger partial charge is 0.756 e. The third kappa shape index (κ3) is 90.5. The Morgan fingerprint density at radius 3 is 0.810 bits per heavy atom. The van der Waals surface area contributed by atoms with E-state index < -0.39 is 26.5 Å². The van der Waals surface area contributed by atoms with E-state index in [0.29, 0.717) is 17.4 Å². The van der Waals surface area contributed by atoms with Crippen LogP contribution in [0.1, 0.15) is 483 Å². The van der Waals surface area contributed by atoms with Gasteiger partial charge in [-0.05, 0) is 57.8 Å². The molecule has 10 heteroatoms. The predicted molar refractivity (Wildman–Crippen MR) is 457 cm³/mol. The minimum Gasteiger partial charge on any atom is -0.756 e. The standard InChI is InChI=1S/C95H180NO8P/c1-6-8-10-12-14-16-18-20-22-24-26-28-30-32-34-36-38-40-42-44-46-48-50-52-54-56-58-60-62-64-66-68-70-72-74-76-78-80-82-84-86-88-95(98)104-93(92-103-105(99,100)102-90-89-96(3,4)5)91-101-94(97)87-85-83-81-79-77-75-73-71-69-67-65-63-61-59-57-55-53-51-49-47-45-43-41-39-37-35-33-31-29-27-25-23-21-19-17-15-13-11-9-7-2/h8,10,14,16,20,22,26,28,32,34,93H,6-7,9,11-13,15,17-19,21,23-25,27,29-31,33,35-92H2,1-5H3/b10-8-,16-14-,22-20-,28-26-,34-32-. The number of ether oxygens (including phenoxy) is 2. The normalized spacial score (nSPS) is 13.2. The summed E-state index contributed by atoms with van der Waals surface area (Å²) in [5.74, 6) is -0.804. The van der Waals surface area contributed by atoms with Crippen molar-refractivity contribution in [1.29, 1.82) is 0 Å². The van der Waals surface area contributed by atoms with Crippen molar-refractivity contribution in [3.05, 3.63) is 60.8 Å². The summed E-state index contributed by atoms with van der Waals surface area (Å²) in [5.41, 5.74) is 0. The molecule has 0 fully saturated rings. The Labute approximate surface area is 655 Å². The van der Waals surface area contributed by atoms with Gasteiger partial charge in [0.05, 0.1) is 27.7 Å². The fraction of sp³-hybridized carbons (Fsp3) is 0.874. The number of nitrogens with zero attached hydrogens (tertiary/aromatic N) is 1. The number of phosphoric ester groups is 1. The summed E-state index contributed by atoms with van der Waals surface area (Å²) in [7, 11) is 1.19. The lowest BCUT2D eigenvalue weighted by Gasteiger charge is -2.28. The molecule has 2 unspecified atom stereocenters. The van der Waals surface area contributed by atoms with Crippen LogP contribution in [-0.4, -0.2) is 70.0 Å². The van der Waals surface area contributed by atoms with Crippen molar-refractivity contribution in [2.75, 3.05) is 47.5 Å². The first kappa shape index (κ1) is 103. The lowest BCUT2D eigenvalue weighted by atomic mass is 10.0. The average Bonchev–Trinajstić information content (AvgIpc) is 0.935. The second-order valence-corrected chi connectivity index (χ2v) is 34.4. The first-order chi connectivity index (χ1) is 51.5. The van der Waals surface area contributed by atoms with Crippen molar-refractivity contribution in [3.8, 4) is 0 Å². The van der Waals surface area contributed by atoms with Crippen molar-refractivity contribution in [2.24, 2.45) is 0 Å². The molecule has 2 atom stereocenters. The molecule has 9 nitrogen and oxygen atoms in total. The molecule has 0 saturated heterocycles. The van der Waals surface area contributed by atoms with Gasteiger partial charge < -0.3 is 27.9 Å². The summed E-state index contributed by atoms with van der Waals surface area (Å²) in [6.45, 7) is 4.22. The lowest BCUT2D eigenvalue weighted by Crippen LogP contribution is -2.37. The number of likely N-dealkylation sites (N-methyl/N-ethyl adjacent to an activating group) is 1. The fourth-order valence-electron chi connectivity index (χ4n) is 14.3. The number of rotatable bonds is 88. The maximum Gasteiger partial charge on any atom is 0.306 e. The van der Waals surface area contributed by atoms with E-state index in [1.165, 1.54) is 385 Å². The molecule has 0 aliphatic carbocycles. The van der Waals surface area contributed by atoms with E-state index in [4.69, 9.17) is 18.5 Å². The Kier molecular flexibility index (Phi) is 83.8. The molecular formula is C95H180NO8P. The third-order valence-electron chi connectivity index (χ3n) is 21.3. The molecule has 105 heavy (non-hydrogen) atoms. The first-order valence-electron chi connectivity index (χ1n) is 46.5. The fourth-order valence-corrected chi connectivity index (χ4v) is 15.0. The molecule has 0 heterocycles. The average molecular weight is 1500 g/mol. The molecule has 0 radical (unpaired) electrons. The summed E-state index contributed by atoms with van der Waals surface area (Å²) >= 11 is 0. The SMILES string of the molecule is CC/C=C\C/C=C\C/C=C\C/C=C\C/C=C\CCCCCCCCCCCCCCCCCCCCCCCCCCCC(=O)OC(COC(=O)CCCCCCCCCCCCCCCCCCCCCCCCCCCCCCCCCCCCCCCCCC)COP(=O)([O-])OCC[N+](C)(C)C. The van der Waals surface area contributed by atoms with Gasteiger partial charge in [-0.15, -0.1) is 0 Å². The highest BCUT2D eigenvalue weighted by atomic mass is 31.2. The first-order valence-corrected chi connectivity index (χ1v) is 48.0. The van der Waals surface area contributed by atoms with E-state index >= 15 is 0 Å². The van der Waals surface area contributed by atoms with Crippen LogP contribution < -0.4 is 4.89 Å². The zero-order valence-electron chi connectivity index (χ0n) is 71.0. The topological polar surface area (TPSA) is 111 Å². The van der Waals surface area contributed by atoms with E-state index in [1.54, 1.807) is 0 Å². The Morgan fingerprint density at radius 1 is 0.305 bits per heavy atom. The Bertz CT molecular complexity index is 1960. The van der Waals surface area contributed by atoms with E-state index in [9.17, 15) is 19.0 Å². The second kappa shape index (κ2) is 85.7. The number of carbonyl (C=O) groups is 2. The van der Waals surface area contributed by atoms with E-state index in [2.05, 4.69) is 74.6 Å². The van der Waals surface area contributed by atoms with Crippen molar-refractivity contribution < 1.29 is 42.1 Å². The number of hydrogen-bond donors (Lipinski definition) is 0. The Hall–Kier alpha value is -2.29. The predicted octanol–water partition coefficient (Wildman–Crippen LogP) is 30.9. The number of hydrogen-bond acceptors (Lipinski definition) is 8. The molecule has 0 aromatic heterocycles. The van der Waals surface area contributed by atoms with E-state index in [1.807, 2.05) is 21.1 Å². The second-order valence-electron chi connectivity index (χ2n) is 33.0. The van der Waals surface area contributed by atoms with Crippen LogP contribution in [0, 0.1) is 0 Å². The van der Waals surface area contributed by atoms with Gasteiger partial charge in [-0.1, -0.05) is 473 Å². The monoisotopic (exact) mass is 1490 g/mol. The molecule has 0 aromatic rings. The molecule has 0 bridgehead atoms. The molecule has 0 spiro atoms. The van der Waals surface area contributed by atoms with Crippen molar-refractivity contribution >= 4 is 19.8 Å². The molecule has 0 aliphatic rings. The van der Waals surface area contributed by atoms with Crippen LogP contribution in [0.2, 0.25) is 0 Å². The molecule has 0 aliphatic heterocycles. The van der Waals surface area contributed by atoms with Gasteiger partial charge >= 0.3 is 11.9 Å².